The number of aromatic nitrogens is 3. The number of thiazole rings is 1. The monoisotopic (exact) mass is 445 g/mol. The van der Waals surface area contributed by atoms with Crippen LogP contribution in [0.5, 0.6) is 0 Å². The van der Waals surface area contributed by atoms with Crippen LogP contribution in [0, 0.1) is 0 Å². The Morgan fingerprint density at radius 3 is 2.78 bits per heavy atom. The molecule has 1 aromatic carbocycles. The maximum Gasteiger partial charge on any atom is 0.272 e. The topological polar surface area (TPSA) is 97.3 Å². The van der Waals surface area contributed by atoms with E-state index in [1.165, 1.54) is 11.3 Å². The molecular weight excluding hydrogens is 426 g/mol. The van der Waals surface area contributed by atoms with Gasteiger partial charge in [0.05, 0.1) is 29.9 Å². The van der Waals surface area contributed by atoms with Crippen LogP contribution in [0.25, 0.3) is 10.9 Å². The smallest absolute Gasteiger partial charge is 0.272 e. The summed E-state index contributed by atoms with van der Waals surface area (Å²) in [6.45, 7) is 1.17. The minimum absolute atomic E-state index is 0.151. The van der Waals surface area contributed by atoms with Crippen LogP contribution in [-0.4, -0.2) is 51.4 Å². The molecule has 8 nitrogen and oxygen atoms in total. The second kappa shape index (κ2) is 8.81. The van der Waals surface area contributed by atoms with E-state index < -0.39 is 6.10 Å². The van der Waals surface area contributed by atoms with Crippen LogP contribution in [0.3, 0.4) is 0 Å². The molecule has 1 atom stereocenters. The fourth-order valence-electron chi connectivity index (χ4n) is 3.66. The van der Waals surface area contributed by atoms with Gasteiger partial charge in [0.1, 0.15) is 11.8 Å². The van der Waals surface area contributed by atoms with E-state index in [9.17, 15) is 9.59 Å². The van der Waals surface area contributed by atoms with Crippen LogP contribution >= 0.6 is 11.3 Å². The van der Waals surface area contributed by atoms with Crippen molar-refractivity contribution in [3.8, 4) is 0 Å². The molecule has 0 aliphatic carbocycles. The Morgan fingerprint density at radius 1 is 1.09 bits per heavy atom. The Balaban J connectivity index is 1.46. The zero-order valence-electron chi connectivity index (χ0n) is 17.0. The maximum atomic E-state index is 13.0. The van der Waals surface area contributed by atoms with Gasteiger partial charge in [-0.2, -0.15) is 0 Å². The van der Waals surface area contributed by atoms with Crippen molar-refractivity contribution in [2.75, 3.05) is 25.0 Å². The van der Waals surface area contributed by atoms with Gasteiger partial charge in [0.25, 0.3) is 11.8 Å². The lowest BCUT2D eigenvalue weighted by molar-refractivity contribution is -0.0248. The van der Waals surface area contributed by atoms with E-state index in [4.69, 9.17) is 9.72 Å². The number of fused-ring (bicyclic) bond motifs is 1. The van der Waals surface area contributed by atoms with Crippen molar-refractivity contribution < 1.29 is 14.3 Å². The molecule has 0 bridgehead atoms. The lowest BCUT2D eigenvalue weighted by Gasteiger charge is -2.32. The van der Waals surface area contributed by atoms with E-state index >= 15 is 0 Å². The third-order valence-corrected chi connectivity index (χ3v) is 5.89. The van der Waals surface area contributed by atoms with E-state index in [1.54, 1.807) is 46.9 Å². The van der Waals surface area contributed by atoms with Gasteiger partial charge in [-0.3, -0.25) is 19.9 Å². The molecule has 3 aromatic heterocycles. The van der Waals surface area contributed by atoms with E-state index in [-0.39, 0.29) is 11.8 Å². The molecule has 4 heterocycles. The standard InChI is InChI=1S/C23H19N5O3S/c29-21(27-23-25-9-12-32-23)16-13-19(26-17-6-2-1-5-15(16)17)20-14-28(10-11-31-20)22(30)18-7-3-4-8-24-18/h1-9,12-13,20H,10-11,14H2,(H,25,27,29)/t20-/m0/s1. The molecule has 2 amide bonds. The molecule has 0 unspecified atom stereocenters. The van der Waals surface area contributed by atoms with E-state index in [0.29, 0.717) is 47.3 Å². The summed E-state index contributed by atoms with van der Waals surface area (Å²) in [5.74, 6) is -0.418. The first kappa shape index (κ1) is 20.2. The normalized spacial score (nSPS) is 16.1. The third kappa shape index (κ3) is 4.08. The molecule has 1 saturated heterocycles. The number of ether oxygens (including phenoxy) is 1. The summed E-state index contributed by atoms with van der Waals surface area (Å²) in [4.78, 5) is 40.6. The molecule has 0 spiro atoms. The second-order valence-electron chi connectivity index (χ2n) is 7.23. The van der Waals surface area contributed by atoms with Crippen molar-refractivity contribution in [3.63, 3.8) is 0 Å². The van der Waals surface area contributed by atoms with Crippen LogP contribution in [-0.2, 0) is 4.74 Å². The lowest BCUT2D eigenvalue weighted by Crippen LogP contribution is -2.42. The number of para-hydroxylation sites is 1. The molecule has 5 rings (SSSR count). The largest absolute Gasteiger partial charge is 0.368 e. The molecular formula is C23H19N5O3S. The Kier molecular flexibility index (Phi) is 5.57. The van der Waals surface area contributed by atoms with Crippen molar-refractivity contribution in [3.05, 3.63) is 83.3 Å². The molecule has 160 valence electrons. The van der Waals surface area contributed by atoms with Crippen molar-refractivity contribution >= 4 is 39.2 Å². The zero-order chi connectivity index (χ0) is 21.9. The van der Waals surface area contributed by atoms with Gasteiger partial charge in [0, 0.05) is 29.7 Å². The average molecular weight is 446 g/mol. The number of anilines is 1. The minimum atomic E-state index is -0.451. The first-order chi connectivity index (χ1) is 15.7. The highest BCUT2D eigenvalue weighted by molar-refractivity contribution is 7.13. The number of carbonyl (C=O) groups excluding carboxylic acids is 2. The van der Waals surface area contributed by atoms with E-state index in [1.807, 2.05) is 24.3 Å². The van der Waals surface area contributed by atoms with Crippen LogP contribution in [0.2, 0.25) is 0 Å². The van der Waals surface area contributed by atoms with Crippen LogP contribution in [0.15, 0.2) is 66.3 Å². The van der Waals surface area contributed by atoms with Gasteiger partial charge in [-0.15, -0.1) is 11.3 Å². The molecule has 1 fully saturated rings. The summed E-state index contributed by atoms with van der Waals surface area (Å²) in [5, 5.41) is 5.90. The van der Waals surface area contributed by atoms with Gasteiger partial charge < -0.3 is 9.64 Å². The van der Waals surface area contributed by atoms with Crippen molar-refractivity contribution in [1.82, 2.24) is 19.9 Å². The Hall–Kier alpha value is -3.69. The predicted molar refractivity (Wildman–Crippen MR) is 121 cm³/mol. The molecule has 1 N–H and O–H groups in total. The summed E-state index contributed by atoms with van der Waals surface area (Å²) in [5.41, 5.74) is 2.17. The van der Waals surface area contributed by atoms with Gasteiger partial charge in [-0.1, -0.05) is 24.3 Å². The van der Waals surface area contributed by atoms with Gasteiger partial charge in [0.15, 0.2) is 5.13 Å². The highest BCUT2D eigenvalue weighted by Gasteiger charge is 2.28. The molecule has 9 heteroatoms. The summed E-state index contributed by atoms with van der Waals surface area (Å²) < 4.78 is 5.95. The van der Waals surface area contributed by atoms with E-state index in [0.717, 1.165) is 5.39 Å². The molecule has 32 heavy (non-hydrogen) atoms. The lowest BCUT2D eigenvalue weighted by atomic mass is 10.0. The summed E-state index contributed by atoms with van der Waals surface area (Å²) in [7, 11) is 0. The number of hydrogen-bond donors (Lipinski definition) is 1. The number of amides is 2. The number of hydrogen-bond acceptors (Lipinski definition) is 7. The van der Waals surface area contributed by atoms with Crippen LogP contribution in [0.1, 0.15) is 32.6 Å². The van der Waals surface area contributed by atoms with Gasteiger partial charge in [0.2, 0.25) is 0 Å². The van der Waals surface area contributed by atoms with Crippen molar-refractivity contribution in [2.45, 2.75) is 6.10 Å². The first-order valence-electron chi connectivity index (χ1n) is 10.1. The number of benzene rings is 1. The maximum absolute atomic E-state index is 13.0. The number of morpholine rings is 1. The first-order valence-corrected chi connectivity index (χ1v) is 11.0. The summed E-state index contributed by atoms with van der Waals surface area (Å²) >= 11 is 1.35. The quantitative estimate of drug-likeness (QED) is 0.516. The van der Waals surface area contributed by atoms with Crippen LogP contribution < -0.4 is 5.32 Å². The average Bonchev–Trinajstić information content (AvgIpc) is 3.36. The Bertz CT molecular complexity index is 1260. The fraction of sp³-hybridized carbons (Fsp3) is 0.174. The Morgan fingerprint density at radius 2 is 1.97 bits per heavy atom. The number of pyridine rings is 2. The molecule has 1 aliphatic rings. The van der Waals surface area contributed by atoms with E-state index in [2.05, 4.69) is 15.3 Å². The second-order valence-corrected chi connectivity index (χ2v) is 8.12. The van der Waals surface area contributed by atoms with Gasteiger partial charge in [-0.25, -0.2) is 9.97 Å². The van der Waals surface area contributed by atoms with Crippen LogP contribution in [0.4, 0.5) is 5.13 Å². The number of nitrogens with one attached hydrogen (secondary N) is 1. The highest BCUT2D eigenvalue weighted by atomic mass is 32.1. The van der Waals surface area contributed by atoms with Crippen molar-refractivity contribution in [1.29, 1.82) is 0 Å². The SMILES string of the molecule is O=C(Nc1nccs1)c1cc([C@@H]2CN(C(=O)c3ccccn3)CCO2)nc2ccccc12. The highest BCUT2D eigenvalue weighted by Crippen LogP contribution is 2.27. The number of carbonyl (C=O) groups is 2. The van der Waals surface area contributed by atoms with Crippen molar-refractivity contribution in [2.24, 2.45) is 0 Å². The van der Waals surface area contributed by atoms with Gasteiger partial charge >= 0.3 is 0 Å². The summed E-state index contributed by atoms with van der Waals surface area (Å²) in [6, 6.07) is 14.5. The minimum Gasteiger partial charge on any atom is -0.368 e. The molecule has 0 radical (unpaired) electrons. The fourth-order valence-corrected chi connectivity index (χ4v) is 4.19. The third-order valence-electron chi connectivity index (χ3n) is 5.20. The molecule has 1 aliphatic heterocycles. The number of nitrogens with zero attached hydrogens (tertiary/aromatic N) is 4. The number of rotatable bonds is 4. The Labute approximate surface area is 187 Å². The zero-order valence-corrected chi connectivity index (χ0v) is 17.8. The predicted octanol–water partition coefficient (Wildman–Crippen LogP) is 3.55. The van der Waals surface area contributed by atoms with Gasteiger partial charge in [-0.05, 0) is 24.3 Å². The molecule has 0 saturated carbocycles. The summed E-state index contributed by atoms with van der Waals surface area (Å²) in [6.07, 6.45) is 2.79. The molecule has 4 aromatic rings.